The van der Waals surface area contributed by atoms with Crippen LogP contribution in [0.3, 0.4) is 0 Å². The maximum atomic E-state index is 12.8. The molecule has 1 aromatic carbocycles. The van der Waals surface area contributed by atoms with Gasteiger partial charge in [-0.05, 0) is 24.3 Å². The number of hydrazone groups is 1. The Labute approximate surface area is 146 Å². The SMILES string of the molecule is O=C1CN(c2cccc(C(F)(F)F)c2)C(=O)CN1/N=C\c1cccnc1. The molecule has 134 valence electrons. The average molecular weight is 362 g/mol. The number of benzene rings is 1. The Morgan fingerprint density at radius 2 is 1.88 bits per heavy atom. The van der Waals surface area contributed by atoms with Gasteiger partial charge in [0, 0.05) is 23.6 Å². The van der Waals surface area contributed by atoms with E-state index in [9.17, 15) is 22.8 Å². The van der Waals surface area contributed by atoms with E-state index in [0.29, 0.717) is 5.56 Å². The molecule has 1 fully saturated rings. The number of hydrogen-bond donors (Lipinski definition) is 0. The zero-order valence-electron chi connectivity index (χ0n) is 13.3. The molecule has 6 nitrogen and oxygen atoms in total. The van der Waals surface area contributed by atoms with Crippen LogP contribution in [0, 0.1) is 0 Å². The highest BCUT2D eigenvalue weighted by atomic mass is 19.4. The van der Waals surface area contributed by atoms with Gasteiger partial charge in [0.15, 0.2) is 0 Å². The number of hydrogen-bond acceptors (Lipinski definition) is 4. The number of pyridine rings is 1. The smallest absolute Gasteiger partial charge is 0.301 e. The summed E-state index contributed by atoms with van der Waals surface area (Å²) in [6.07, 6.45) is -0.0223. The number of nitrogens with zero attached hydrogens (tertiary/aromatic N) is 4. The van der Waals surface area contributed by atoms with E-state index in [1.54, 1.807) is 18.3 Å². The first-order valence-corrected chi connectivity index (χ1v) is 7.56. The molecule has 0 atom stereocenters. The molecule has 2 heterocycles. The van der Waals surface area contributed by atoms with E-state index in [1.807, 2.05) is 0 Å². The Balaban J connectivity index is 1.76. The lowest BCUT2D eigenvalue weighted by Crippen LogP contribution is -2.52. The molecule has 1 saturated heterocycles. The van der Waals surface area contributed by atoms with Crippen LogP contribution in [0.4, 0.5) is 18.9 Å². The molecule has 0 spiro atoms. The highest BCUT2D eigenvalue weighted by Gasteiger charge is 2.34. The van der Waals surface area contributed by atoms with Crippen LogP contribution in [-0.4, -0.2) is 41.1 Å². The fourth-order valence-electron chi connectivity index (χ4n) is 2.39. The molecule has 0 radical (unpaired) electrons. The number of piperazine rings is 1. The monoisotopic (exact) mass is 362 g/mol. The van der Waals surface area contributed by atoms with Gasteiger partial charge in [0.25, 0.3) is 5.91 Å². The molecular weight excluding hydrogens is 349 g/mol. The maximum absolute atomic E-state index is 12.8. The normalized spacial score (nSPS) is 15.8. The van der Waals surface area contributed by atoms with Crippen molar-refractivity contribution in [2.75, 3.05) is 18.0 Å². The van der Waals surface area contributed by atoms with Gasteiger partial charge in [0.1, 0.15) is 13.1 Å². The maximum Gasteiger partial charge on any atom is 0.416 e. The first-order chi connectivity index (χ1) is 12.3. The number of carbonyl (C=O) groups excluding carboxylic acids is 2. The van der Waals surface area contributed by atoms with Gasteiger partial charge in [-0.25, -0.2) is 5.01 Å². The van der Waals surface area contributed by atoms with Crippen LogP contribution in [0.1, 0.15) is 11.1 Å². The molecular formula is C17H13F3N4O2. The number of halogens is 3. The lowest BCUT2D eigenvalue weighted by molar-refractivity contribution is -0.138. The van der Waals surface area contributed by atoms with Crippen molar-refractivity contribution in [2.24, 2.45) is 5.10 Å². The van der Waals surface area contributed by atoms with Gasteiger partial charge in [0.2, 0.25) is 5.91 Å². The third-order valence-electron chi connectivity index (χ3n) is 3.68. The van der Waals surface area contributed by atoms with Gasteiger partial charge in [-0.1, -0.05) is 12.1 Å². The van der Waals surface area contributed by atoms with Crippen molar-refractivity contribution in [1.29, 1.82) is 0 Å². The molecule has 0 saturated carbocycles. The van der Waals surface area contributed by atoms with Gasteiger partial charge >= 0.3 is 6.18 Å². The van der Waals surface area contributed by atoms with E-state index in [1.165, 1.54) is 24.5 Å². The standard InChI is InChI=1S/C17H13F3N4O2/c18-17(19,20)13-4-1-5-14(7-13)23-10-16(26)24(11-15(23)25)22-9-12-3-2-6-21-8-12/h1-9H,10-11H2/b22-9-. The van der Waals surface area contributed by atoms with Crippen LogP contribution in [0.25, 0.3) is 0 Å². The van der Waals surface area contributed by atoms with Gasteiger partial charge in [-0.3, -0.25) is 14.6 Å². The summed E-state index contributed by atoms with van der Waals surface area (Å²) < 4.78 is 38.5. The van der Waals surface area contributed by atoms with Crippen molar-refractivity contribution < 1.29 is 22.8 Å². The van der Waals surface area contributed by atoms with Crippen LogP contribution in [0.2, 0.25) is 0 Å². The lowest BCUT2D eigenvalue weighted by Gasteiger charge is -2.31. The predicted octanol–water partition coefficient (Wildman–Crippen LogP) is 2.31. The summed E-state index contributed by atoms with van der Waals surface area (Å²) in [5.41, 5.74) is -0.214. The van der Waals surface area contributed by atoms with Crippen LogP contribution in [-0.2, 0) is 15.8 Å². The van der Waals surface area contributed by atoms with Crippen LogP contribution >= 0.6 is 0 Å². The predicted molar refractivity (Wildman–Crippen MR) is 87.3 cm³/mol. The van der Waals surface area contributed by atoms with Crippen LogP contribution < -0.4 is 4.90 Å². The van der Waals surface area contributed by atoms with Crippen LogP contribution in [0.15, 0.2) is 53.9 Å². The molecule has 1 aromatic heterocycles. The number of rotatable bonds is 3. The van der Waals surface area contributed by atoms with Crippen LogP contribution in [0.5, 0.6) is 0 Å². The minimum Gasteiger partial charge on any atom is -0.301 e. The molecule has 0 N–H and O–H groups in total. The number of aromatic nitrogens is 1. The molecule has 1 aliphatic heterocycles. The minimum atomic E-state index is -4.53. The number of carbonyl (C=O) groups is 2. The van der Waals surface area contributed by atoms with Crippen molar-refractivity contribution in [3.63, 3.8) is 0 Å². The number of alkyl halides is 3. The third-order valence-corrected chi connectivity index (χ3v) is 3.68. The fourth-order valence-corrected chi connectivity index (χ4v) is 2.39. The number of anilines is 1. The van der Waals surface area contributed by atoms with Gasteiger partial charge in [-0.15, -0.1) is 0 Å². The highest BCUT2D eigenvalue weighted by Crippen LogP contribution is 2.32. The average Bonchev–Trinajstić information content (AvgIpc) is 2.62. The highest BCUT2D eigenvalue weighted by molar-refractivity contribution is 6.04. The lowest BCUT2D eigenvalue weighted by atomic mass is 10.1. The molecule has 0 aliphatic carbocycles. The van der Waals surface area contributed by atoms with E-state index in [4.69, 9.17) is 0 Å². The van der Waals surface area contributed by atoms with Crippen molar-refractivity contribution in [1.82, 2.24) is 9.99 Å². The Kier molecular flexibility index (Phi) is 4.70. The summed E-state index contributed by atoms with van der Waals surface area (Å²) in [6, 6.07) is 7.73. The summed E-state index contributed by atoms with van der Waals surface area (Å²) in [6.45, 7) is -0.740. The van der Waals surface area contributed by atoms with E-state index in [-0.39, 0.29) is 18.8 Å². The molecule has 2 amide bonds. The van der Waals surface area contributed by atoms with E-state index >= 15 is 0 Å². The first kappa shape index (κ1) is 17.6. The number of amides is 2. The Morgan fingerprint density at radius 3 is 2.58 bits per heavy atom. The van der Waals surface area contributed by atoms with Crippen molar-refractivity contribution in [3.05, 3.63) is 59.9 Å². The third kappa shape index (κ3) is 3.88. The minimum absolute atomic E-state index is 0.0223. The zero-order valence-corrected chi connectivity index (χ0v) is 13.3. The topological polar surface area (TPSA) is 65.9 Å². The summed E-state index contributed by atoms with van der Waals surface area (Å²) in [4.78, 5) is 29.4. The quantitative estimate of drug-likeness (QED) is 0.787. The second kappa shape index (κ2) is 6.95. The molecule has 9 heteroatoms. The molecule has 0 unspecified atom stereocenters. The van der Waals surface area contributed by atoms with E-state index < -0.39 is 23.6 Å². The van der Waals surface area contributed by atoms with Gasteiger partial charge < -0.3 is 4.90 Å². The summed E-state index contributed by atoms with van der Waals surface area (Å²) in [5.74, 6) is -1.02. The summed E-state index contributed by atoms with van der Waals surface area (Å²) in [7, 11) is 0. The molecule has 26 heavy (non-hydrogen) atoms. The fraction of sp³-hybridized carbons (Fsp3) is 0.176. The van der Waals surface area contributed by atoms with Crippen molar-refractivity contribution in [3.8, 4) is 0 Å². The Bertz CT molecular complexity index is 853. The largest absolute Gasteiger partial charge is 0.416 e. The van der Waals surface area contributed by atoms with Crippen molar-refractivity contribution in [2.45, 2.75) is 6.18 Å². The molecule has 1 aliphatic rings. The van der Waals surface area contributed by atoms with E-state index in [0.717, 1.165) is 22.0 Å². The van der Waals surface area contributed by atoms with Crippen molar-refractivity contribution >= 4 is 23.7 Å². The summed E-state index contributed by atoms with van der Waals surface area (Å²) in [5, 5.41) is 4.95. The molecule has 0 bridgehead atoms. The molecule has 2 aromatic rings. The Hall–Kier alpha value is -3.23. The van der Waals surface area contributed by atoms with E-state index in [2.05, 4.69) is 10.1 Å². The first-order valence-electron chi connectivity index (χ1n) is 7.56. The summed E-state index contributed by atoms with van der Waals surface area (Å²) >= 11 is 0. The second-order valence-electron chi connectivity index (χ2n) is 5.51. The van der Waals surface area contributed by atoms with Gasteiger partial charge in [0.05, 0.1) is 11.8 Å². The molecule has 3 rings (SSSR count). The van der Waals surface area contributed by atoms with Gasteiger partial charge in [-0.2, -0.15) is 18.3 Å². The zero-order chi connectivity index (χ0) is 18.7. The second-order valence-corrected chi connectivity index (χ2v) is 5.51. The Morgan fingerprint density at radius 1 is 1.08 bits per heavy atom.